The highest BCUT2D eigenvalue weighted by molar-refractivity contribution is 5.92. The number of fused-ring (bicyclic) bond motifs is 1. The standard InChI is InChI=1S/C23H28N2/c1-23(2,14-19-10-7-11-20(19)16-25(3)4)22-13-18-9-6-5-8-17(18)12-21(22)15-24/h5-9,11-13,15,24H,10,14,16H2,1-4H3. The Bertz CT molecular complexity index is 854. The van der Waals surface area contributed by atoms with E-state index in [0.717, 1.165) is 24.9 Å². The van der Waals surface area contributed by atoms with E-state index in [1.165, 1.54) is 33.7 Å². The predicted octanol–water partition coefficient (Wildman–Crippen LogP) is 5.32. The molecule has 2 heteroatoms. The van der Waals surface area contributed by atoms with E-state index in [9.17, 15) is 0 Å². The summed E-state index contributed by atoms with van der Waals surface area (Å²) in [4.78, 5) is 2.23. The second kappa shape index (κ2) is 6.97. The summed E-state index contributed by atoms with van der Waals surface area (Å²) in [5.41, 5.74) is 5.28. The number of nitrogens with zero attached hydrogens (tertiary/aromatic N) is 1. The molecule has 1 aliphatic rings. The summed E-state index contributed by atoms with van der Waals surface area (Å²) in [6.45, 7) is 5.61. The Kier molecular flexibility index (Phi) is 4.91. The van der Waals surface area contributed by atoms with E-state index in [2.05, 4.69) is 81.4 Å². The van der Waals surface area contributed by atoms with E-state index in [1.807, 2.05) is 0 Å². The minimum Gasteiger partial charge on any atom is -0.308 e. The zero-order valence-corrected chi connectivity index (χ0v) is 15.8. The Morgan fingerprint density at radius 1 is 1.12 bits per heavy atom. The number of hydrogen-bond acceptors (Lipinski definition) is 2. The van der Waals surface area contributed by atoms with E-state index in [-0.39, 0.29) is 5.41 Å². The quantitative estimate of drug-likeness (QED) is 0.712. The molecule has 130 valence electrons. The van der Waals surface area contributed by atoms with E-state index >= 15 is 0 Å². The van der Waals surface area contributed by atoms with Gasteiger partial charge in [-0.1, -0.05) is 55.8 Å². The second-order valence-electron chi connectivity index (χ2n) is 7.96. The normalized spacial score (nSPS) is 14.8. The first-order chi connectivity index (χ1) is 11.9. The largest absolute Gasteiger partial charge is 0.308 e. The van der Waals surface area contributed by atoms with Crippen LogP contribution in [0.25, 0.3) is 10.8 Å². The van der Waals surface area contributed by atoms with Crippen molar-refractivity contribution in [3.63, 3.8) is 0 Å². The number of rotatable bonds is 6. The lowest BCUT2D eigenvalue weighted by atomic mass is 9.75. The molecule has 0 heterocycles. The Labute approximate surface area is 151 Å². The Morgan fingerprint density at radius 2 is 1.80 bits per heavy atom. The van der Waals surface area contributed by atoms with Crippen LogP contribution in [0.2, 0.25) is 0 Å². The van der Waals surface area contributed by atoms with Gasteiger partial charge in [0.05, 0.1) is 0 Å². The number of allylic oxidation sites excluding steroid dienone is 2. The zero-order valence-electron chi connectivity index (χ0n) is 15.8. The third-order valence-corrected chi connectivity index (χ3v) is 5.08. The van der Waals surface area contributed by atoms with Gasteiger partial charge in [0.2, 0.25) is 0 Å². The molecule has 0 amide bonds. The van der Waals surface area contributed by atoms with Gasteiger partial charge < -0.3 is 10.3 Å². The predicted molar refractivity (Wildman–Crippen MR) is 109 cm³/mol. The minimum absolute atomic E-state index is 0.00414. The fourth-order valence-electron chi connectivity index (χ4n) is 3.88. The van der Waals surface area contributed by atoms with Crippen LogP contribution in [0.1, 0.15) is 37.8 Å². The van der Waals surface area contributed by atoms with Gasteiger partial charge in [0.15, 0.2) is 0 Å². The molecule has 25 heavy (non-hydrogen) atoms. The number of nitrogens with one attached hydrogen (secondary N) is 1. The van der Waals surface area contributed by atoms with Crippen LogP contribution in [0.4, 0.5) is 0 Å². The molecule has 0 unspecified atom stereocenters. The third-order valence-electron chi connectivity index (χ3n) is 5.08. The Balaban J connectivity index is 1.99. The van der Waals surface area contributed by atoms with Crippen LogP contribution in [0.15, 0.2) is 59.7 Å². The van der Waals surface area contributed by atoms with Crippen molar-refractivity contribution in [3.8, 4) is 0 Å². The molecule has 0 atom stereocenters. The third kappa shape index (κ3) is 3.74. The summed E-state index contributed by atoms with van der Waals surface area (Å²) < 4.78 is 0. The second-order valence-corrected chi connectivity index (χ2v) is 7.96. The summed E-state index contributed by atoms with van der Waals surface area (Å²) in [5, 5.41) is 10.4. The van der Waals surface area contributed by atoms with Crippen LogP contribution in [-0.2, 0) is 5.41 Å². The molecule has 1 aliphatic carbocycles. The Morgan fingerprint density at radius 3 is 2.44 bits per heavy atom. The van der Waals surface area contributed by atoms with Crippen LogP contribution in [0.3, 0.4) is 0 Å². The molecule has 0 aromatic heterocycles. The average molecular weight is 332 g/mol. The molecule has 0 bridgehead atoms. The highest BCUT2D eigenvalue weighted by atomic mass is 15.0. The van der Waals surface area contributed by atoms with Crippen LogP contribution in [0.5, 0.6) is 0 Å². The summed E-state index contributed by atoms with van der Waals surface area (Å²) in [7, 11) is 4.25. The summed E-state index contributed by atoms with van der Waals surface area (Å²) >= 11 is 0. The summed E-state index contributed by atoms with van der Waals surface area (Å²) in [5.74, 6) is 0. The van der Waals surface area contributed by atoms with Crippen molar-refractivity contribution >= 4 is 17.0 Å². The van der Waals surface area contributed by atoms with Gasteiger partial charge in [0.25, 0.3) is 0 Å². The maximum Gasteiger partial charge on any atom is 0.0253 e. The van der Waals surface area contributed by atoms with E-state index in [1.54, 1.807) is 0 Å². The Hall–Kier alpha value is -2.19. The molecule has 0 radical (unpaired) electrons. The van der Waals surface area contributed by atoms with Gasteiger partial charge in [-0.3, -0.25) is 0 Å². The lowest BCUT2D eigenvalue weighted by molar-refractivity contribution is 0.444. The molecule has 0 saturated heterocycles. The molecular weight excluding hydrogens is 304 g/mol. The van der Waals surface area contributed by atoms with Gasteiger partial charge in [-0.15, -0.1) is 0 Å². The van der Waals surface area contributed by atoms with Gasteiger partial charge in [-0.2, -0.15) is 0 Å². The fourth-order valence-corrected chi connectivity index (χ4v) is 3.88. The van der Waals surface area contributed by atoms with Crippen LogP contribution in [-0.4, -0.2) is 31.8 Å². The number of benzene rings is 2. The van der Waals surface area contributed by atoms with Crippen molar-refractivity contribution in [2.75, 3.05) is 20.6 Å². The number of likely N-dealkylation sites (N-methyl/N-ethyl adjacent to an activating group) is 1. The van der Waals surface area contributed by atoms with E-state index in [4.69, 9.17) is 5.41 Å². The zero-order chi connectivity index (χ0) is 18.0. The van der Waals surface area contributed by atoms with Crippen molar-refractivity contribution in [1.82, 2.24) is 4.90 Å². The van der Waals surface area contributed by atoms with Gasteiger partial charge in [0, 0.05) is 12.8 Å². The first kappa shape index (κ1) is 17.6. The SMILES string of the molecule is CN(C)CC1=C(CC(C)(C)c2cc3ccccc3cc2C=N)CC=C1. The maximum absolute atomic E-state index is 7.90. The highest BCUT2D eigenvalue weighted by Gasteiger charge is 2.26. The molecule has 0 saturated carbocycles. The van der Waals surface area contributed by atoms with Crippen molar-refractivity contribution in [2.24, 2.45) is 0 Å². The molecule has 2 nitrogen and oxygen atoms in total. The monoisotopic (exact) mass is 332 g/mol. The molecule has 1 N–H and O–H groups in total. The lowest BCUT2D eigenvalue weighted by Crippen LogP contribution is -2.22. The maximum atomic E-state index is 7.90. The molecule has 0 spiro atoms. The molecule has 0 fully saturated rings. The lowest BCUT2D eigenvalue weighted by Gasteiger charge is -2.29. The fraction of sp³-hybridized carbons (Fsp3) is 0.348. The highest BCUT2D eigenvalue weighted by Crippen LogP contribution is 2.38. The van der Waals surface area contributed by atoms with Crippen LogP contribution < -0.4 is 0 Å². The van der Waals surface area contributed by atoms with Crippen LogP contribution >= 0.6 is 0 Å². The molecular formula is C23H28N2. The van der Waals surface area contributed by atoms with Crippen molar-refractivity contribution in [3.05, 3.63) is 70.8 Å². The van der Waals surface area contributed by atoms with Crippen molar-refractivity contribution in [2.45, 2.75) is 32.1 Å². The molecule has 0 aliphatic heterocycles. The first-order valence-electron chi connectivity index (χ1n) is 8.96. The minimum atomic E-state index is -0.00414. The van der Waals surface area contributed by atoms with Gasteiger partial charge in [-0.05, 0) is 72.0 Å². The average Bonchev–Trinajstić information content (AvgIpc) is 2.99. The van der Waals surface area contributed by atoms with Crippen LogP contribution in [0, 0.1) is 5.41 Å². The first-order valence-corrected chi connectivity index (χ1v) is 8.96. The van der Waals surface area contributed by atoms with Gasteiger partial charge >= 0.3 is 0 Å². The van der Waals surface area contributed by atoms with Gasteiger partial charge in [0.1, 0.15) is 0 Å². The smallest absolute Gasteiger partial charge is 0.0253 e. The van der Waals surface area contributed by atoms with E-state index in [0.29, 0.717) is 0 Å². The van der Waals surface area contributed by atoms with E-state index < -0.39 is 0 Å². The molecule has 2 aromatic carbocycles. The molecule has 2 aromatic rings. The molecule has 3 rings (SSSR count). The topological polar surface area (TPSA) is 27.1 Å². The summed E-state index contributed by atoms with van der Waals surface area (Å²) in [6.07, 6.45) is 8.15. The van der Waals surface area contributed by atoms with Gasteiger partial charge in [-0.25, -0.2) is 0 Å². The van der Waals surface area contributed by atoms with Crippen molar-refractivity contribution in [1.29, 1.82) is 5.41 Å². The summed E-state index contributed by atoms with van der Waals surface area (Å²) in [6, 6.07) is 12.9. The number of hydrogen-bond donors (Lipinski definition) is 1. The van der Waals surface area contributed by atoms with Crippen molar-refractivity contribution < 1.29 is 0 Å².